The summed E-state index contributed by atoms with van der Waals surface area (Å²) in [7, 11) is 1.19. The molecule has 0 heterocycles. The molecule has 3 N–H and O–H groups in total. The molecule has 12 heteroatoms. The number of carbonyl (C=O) groups is 1. The molecule has 0 aromatic carbocycles. The lowest BCUT2D eigenvalue weighted by atomic mass is 9.88. The molecule has 0 bridgehead atoms. The predicted molar refractivity (Wildman–Crippen MR) is 233 cm³/mol. The molecule has 1 rings (SSSR count). The number of rotatable bonds is 38. The number of unbranched alkanes of at least 4 members (excludes halogenated alkanes) is 16. The summed E-state index contributed by atoms with van der Waals surface area (Å²) in [6.45, 7) is 4.38. The maximum Gasteiger partial charge on any atom is 0.306 e. The highest BCUT2D eigenvalue weighted by molar-refractivity contribution is 7.45. The van der Waals surface area contributed by atoms with E-state index in [1.54, 1.807) is 12.3 Å². The van der Waals surface area contributed by atoms with Crippen LogP contribution in [0, 0.1) is 11.8 Å². The van der Waals surface area contributed by atoms with Crippen molar-refractivity contribution in [2.45, 2.75) is 192 Å². The molecule has 1 aliphatic carbocycles. The number of aliphatic hydroxyl groups is 3. The molecule has 0 aliphatic heterocycles. The second-order valence-electron chi connectivity index (χ2n) is 17.4. The Morgan fingerprint density at radius 2 is 1.36 bits per heavy atom. The number of phosphoric ester groups is 1. The van der Waals surface area contributed by atoms with Gasteiger partial charge in [-0.15, -0.1) is 0 Å². The van der Waals surface area contributed by atoms with Crippen molar-refractivity contribution in [1.82, 2.24) is 0 Å². The van der Waals surface area contributed by atoms with Gasteiger partial charge in [-0.3, -0.25) is 9.36 Å². The molecule has 0 radical (unpaired) electrons. The molecule has 7 atom stereocenters. The molecule has 0 saturated heterocycles. The Hall–Kier alpha value is -1.56. The molecule has 0 aromatic heterocycles. The third-order valence-electron chi connectivity index (χ3n) is 10.8. The Bertz CT molecular complexity index is 1140. The zero-order chi connectivity index (χ0) is 42.9. The van der Waals surface area contributed by atoms with Crippen molar-refractivity contribution < 1.29 is 52.6 Å². The Morgan fingerprint density at radius 1 is 0.776 bits per heavy atom. The highest BCUT2D eigenvalue weighted by atomic mass is 31.2. The SMILES string of the molecule is CCCCCCCC/C=C\CCCCCC/C=C/OC[C@H](COP(=O)([O-])OCC[N+](C)(C)C)OC(=O)CCCCCC[C@@H]1[C@@H](/C=C/[C@@H](O)CCCCC)[C@H](O)C[C@@H]1O. The van der Waals surface area contributed by atoms with E-state index in [-0.39, 0.29) is 31.5 Å². The number of phosphoric acid groups is 1. The molecule has 1 unspecified atom stereocenters. The minimum Gasteiger partial charge on any atom is -0.756 e. The number of ether oxygens (including phenoxy) is 2. The lowest BCUT2D eigenvalue weighted by molar-refractivity contribution is -0.870. The van der Waals surface area contributed by atoms with Crippen molar-refractivity contribution >= 4 is 13.8 Å². The number of carbonyl (C=O) groups excluding carboxylic acids is 1. The first-order chi connectivity index (χ1) is 27.8. The van der Waals surface area contributed by atoms with Crippen LogP contribution in [0.25, 0.3) is 0 Å². The summed E-state index contributed by atoms with van der Waals surface area (Å²) in [6, 6.07) is 0. The maximum atomic E-state index is 12.8. The lowest BCUT2D eigenvalue weighted by Crippen LogP contribution is -2.37. The molecule has 11 nitrogen and oxygen atoms in total. The monoisotopic (exact) mass is 844 g/mol. The average Bonchev–Trinajstić information content (AvgIpc) is 3.43. The smallest absolute Gasteiger partial charge is 0.306 e. The Kier molecular flexibility index (Phi) is 32.0. The molecular weight excluding hydrogens is 757 g/mol. The van der Waals surface area contributed by atoms with Crippen molar-refractivity contribution in [3.8, 4) is 0 Å². The van der Waals surface area contributed by atoms with Crippen LogP contribution in [0.1, 0.15) is 168 Å². The zero-order valence-electron chi connectivity index (χ0n) is 37.3. The van der Waals surface area contributed by atoms with Gasteiger partial charge >= 0.3 is 5.97 Å². The minimum absolute atomic E-state index is 0.0240. The fraction of sp³-hybridized carbons (Fsp3) is 0.848. The molecule has 0 aromatic rings. The van der Waals surface area contributed by atoms with E-state index in [1.807, 2.05) is 33.3 Å². The molecule has 58 heavy (non-hydrogen) atoms. The number of hydrogen-bond acceptors (Lipinski definition) is 10. The standard InChI is InChI=1S/C46H86NO10P/c1-6-8-10-11-12-13-14-15-16-17-18-19-20-21-24-28-35-54-38-41(39-56-58(52,53)55-36-34-47(3,4)5)57-46(51)31-27-23-22-26-30-42-43(45(50)37-44(42)49)33-32-40(48)29-25-9-7-2/h15-16,28,32-33,35,40-45,48-50H,6-14,17-27,29-31,34,36-39H2,1-5H3/b16-15-,33-32+,35-28+/t40-,41+,42+,43+,44-,45+/m0/s1. The van der Waals surface area contributed by atoms with Crippen LogP contribution in [0.3, 0.4) is 0 Å². The lowest BCUT2D eigenvalue weighted by Gasteiger charge is -2.28. The van der Waals surface area contributed by atoms with Crippen LogP contribution in [-0.2, 0) is 27.9 Å². The van der Waals surface area contributed by atoms with Crippen molar-refractivity contribution in [1.29, 1.82) is 0 Å². The number of esters is 1. The van der Waals surface area contributed by atoms with Gasteiger partial charge in [0.15, 0.2) is 6.10 Å². The van der Waals surface area contributed by atoms with Gasteiger partial charge in [-0.05, 0) is 69.8 Å². The highest BCUT2D eigenvalue weighted by Gasteiger charge is 2.39. The van der Waals surface area contributed by atoms with Crippen LogP contribution in [0.2, 0.25) is 0 Å². The molecule has 1 saturated carbocycles. The molecule has 1 aliphatic rings. The highest BCUT2D eigenvalue weighted by Crippen LogP contribution is 2.39. The predicted octanol–water partition coefficient (Wildman–Crippen LogP) is 9.48. The number of allylic oxidation sites excluding steroid dienone is 3. The fourth-order valence-electron chi connectivity index (χ4n) is 7.19. The van der Waals surface area contributed by atoms with Crippen molar-refractivity contribution in [3.05, 3.63) is 36.6 Å². The van der Waals surface area contributed by atoms with Crippen LogP contribution in [0.15, 0.2) is 36.6 Å². The van der Waals surface area contributed by atoms with Crippen LogP contribution in [0.4, 0.5) is 0 Å². The van der Waals surface area contributed by atoms with E-state index in [2.05, 4.69) is 26.0 Å². The van der Waals surface area contributed by atoms with E-state index in [1.165, 1.54) is 57.8 Å². The number of nitrogens with zero attached hydrogens (tertiary/aromatic N) is 1. The molecule has 0 spiro atoms. The molecule has 340 valence electrons. The summed E-state index contributed by atoms with van der Waals surface area (Å²) >= 11 is 0. The summed E-state index contributed by atoms with van der Waals surface area (Å²) in [5.41, 5.74) is 0. The summed E-state index contributed by atoms with van der Waals surface area (Å²) in [5.74, 6) is -0.710. The number of quaternary nitrogens is 1. The van der Waals surface area contributed by atoms with E-state index in [0.717, 1.165) is 70.6 Å². The largest absolute Gasteiger partial charge is 0.756 e. The third-order valence-corrected chi connectivity index (χ3v) is 11.8. The average molecular weight is 844 g/mol. The van der Waals surface area contributed by atoms with Gasteiger partial charge in [0, 0.05) is 18.8 Å². The summed E-state index contributed by atoms with van der Waals surface area (Å²) in [5, 5.41) is 31.5. The van der Waals surface area contributed by atoms with Gasteiger partial charge in [0.05, 0.1) is 52.3 Å². The molecule has 0 amide bonds. The number of aliphatic hydroxyl groups excluding tert-OH is 3. The minimum atomic E-state index is -4.61. The van der Waals surface area contributed by atoms with Gasteiger partial charge in [-0.25, -0.2) is 0 Å². The van der Waals surface area contributed by atoms with Gasteiger partial charge in [-0.2, -0.15) is 0 Å². The van der Waals surface area contributed by atoms with E-state index in [9.17, 15) is 29.6 Å². The van der Waals surface area contributed by atoms with Crippen molar-refractivity contribution in [2.75, 3.05) is 47.5 Å². The maximum absolute atomic E-state index is 12.8. The first-order valence-corrected chi connectivity index (χ1v) is 24.5. The summed E-state index contributed by atoms with van der Waals surface area (Å²) < 4.78 is 34.3. The fourth-order valence-corrected chi connectivity index (χ4v) is 7.92. The summed E-state index contributed by atoms with van der Waals surface area (Å²) in [6.07, 6.45) is 33.1. The first-order valence-electron chi connectivity index (χ1n) is 23.0. The summed E-state index contributed by atoms with van der Waals surface area (Å²) in [4.78, 5) is 25.2. The Labute approximate surface area is 353 Å². The first kappa shape index (κ1) is 54.5. The second kappa shape index (κ2) is 34.1. The van der Waals surface area contributed by atoms with E-state index >= 15 is 0 Å². The topological polar surface area (TPSA) is 155 Å². The van der Waals surface area contributed by atoms with Crippen LogP contribution in [0.5, 0.6) is 0 Å². The quantitative estimate of drug-likeness (QED) is 0.0137. The van der Waals surface area contributed by atoms with Gasteiger partial charge in [-0.1, -0.05) is 122 Å². The Balaban J connectivity index is 2.44. The van der Waals surface area contributed by atoms with E-state index in [4.69, 9.17) is 18.5 Å². The van der Waals surface area contributed by atoms with E-state index in [0.29, 0.717) is 30.3 Å². The van der Waals surface area contributed by atoms with Gasteiger partial charge < -0.3 is 43.2 Å². The van der Waals surface area contributed by atoms with Crippen LogP contribution < -0.4 is 4.89 Å². The molecular formula is C46H86NO10P. The van der Waals surface area contributed by atoms with Gasteiger partial charge in [0.2, 0.25) is 0 Å². The number of hydrogen-bond donors (Lipinski definition) is 3. The van der Waals surface area contributed by atoms with E-state index < -0.39 is 44.8 Å². The van der Waals surface area contributed by atoms with Crippen molar-refractivity contribution in [2.24, 2.45) is 11.8 Å². The third kappa shape index (κ3) is 30.5. The van der Waals surface area contributed by atoms with Crippen LogP contribution >= 0.6 is 7.82 Å². The zero-order valence-corrected chi connectivity index (χ0v) is 38.2. The molecule has 1 fully saturated rings. The number of likely N-dealkylation sites (N-methyl/N-ethyl adjacent to an activating group) is 1. The van der Waals surface area contributed by atoms with Crippen molar-refractivity contribution in [3.63, 3.8) is 0 Å². The van der Waals surface area contributed by atoms with Gasteiger partial charge in [0.25, 0.3) is 7.82 Å². The Morgan fingerprint density at radius 3 is 2.02 bits per heavy atom. The van der Waals surface area contributed by atoms with Crippen LogP contribution in [-0.4, -0.2) is 97.7 Å². The van der Waals surface area contributed by atoms with Gasteiger partial charge in [0.1, 0.15) is 19.8 Å². The second-order valence-corrected chi connectivity index (χ2v) is 18.8. The normalized spacial score (nSPS) is 21.0.